The van der Waals surface area contributed by atoms with Crippen LogP contribution in [0.2, 0.25) is 0 Å². The van der Waals surface area contributed by atoms with Crippen molar-refractivity contribution in [1.82, 2.24) is 14.7 Å². The first-order valence-electron chi connectivity index (χ1n) is 7.03. The van der Waals surface area contributed by atoms with Crippen molar-refractivity contribution in [3.8, 4) is 0 Å². The molecule has 2 rings (SSSR count). The third-order valence-electron chi connectivity index (χ3n) is 3.42. The third-order valence-corrected chi connectivity index (χ3v) is 3.42. The van der Waals surface area contributed by atoms with Gasteiger partial charge in [0.15, 0.2) is 0 Å². The number of carbonyl (C=O) groups excluding carboxylic acids is 1. The number of rotatable bonds is 6. The van der Waals surface area contributed by atoms with Crippen molar-refractivity contribution in [3.05, 3.63) is 61.9 Å². The second kappa shape index (κ2) is 6.86. The highest BCUT2D eigenvalue weighted by Gasteiger charge is 2.22. The fourth-order valence-corrected chi connectivity index (χ4v) is 2.24. The molecule has 1 amide bonds. The van der Waals surface area contributed by atoms with Crippen LogP contribution in [0.15, 0.2) is 30.5 Å². The third kappa shape index (κ3) is 3.54. The number of nitrogens with zero attached hydrogens (tertiary/aromatic N) is 5. The van der Waals surface area contributed by atoms with Gasteiger partial charge in [-0.1, -0.05) is 0 Å². The van der Waals surface area contributed by atoms with Crippen LogP contribution >= 0.6 is 0 Å². The number of non-ortho nitro benzene ring substituents is 2. The Balaban J connectivity index is 2.31. The van der Waals surface area contributed by atoms with E-state index in [9.17, 15) is 25.0 Å². The van der Waals surface area contributed by atoms with Gasteiger partial charge >= 0.3 is 0 Å². The first-order chi connectivity index (χ1) is 11.3. The van der Waals surface area contributed by atoms with Crippen molar-refractivity contribution in [2.24, 2.45) is 0 Å². The summed E-state index contributed by atoms with van der Waals surface area (Å²) in [4.78, 5) is 34.1. The van der Waals surface area contributed by atoms with Crippen molar-refractivity contribution in [2.45, 2.75) is 20.0 Å². The molecule has 1 heterocycles. The molecule has 0 spiro atoms. The molecule has 0 aliphatic rings. The number of hydrogen-bond donors (Lipinski definition) is 0. The summed E-state index contributed by atoms with van der Waals surface area (Å²) in [5, 5.41) is 25.9. The Kier molecular flexibility index (Phi) is 4.87. The van der Waals surface area contributed by atoms with Gasteiger partial charge in [-0.15, -0.1) is 0 Å². The molecule has 0 aliphatic heterocycles. The molecule has 2 aromatic rings. The summed E-state index contributed by atoms with van der Waals surface area (Å²) < 4.78 is 1.71. The zero-order valence-electron chi connectivity index (χ0n) is 13.1. The van der Waals surface area contributed by atoms with Gasteiger partial charge in [-0.2, -0.15) is 5.10 Å². The van der Waals surface area contributed by atoms with E-state index in [2.05, 4.69) is 5.10 Å². The van der Waals surface area contributed by atoms with Crippen LogP contribution in [0.25, 0.3) is 0 Å². The van der Waals surface area contributed by atoms with Gasteiger partial charge in [0.1, 0.15) is 0 Å². The van der Waals surface area contributed by atoms with Gasteiger partial charge in [0.05, 0.1) is 33.7 Å². The van der Waals surface area contributed by atoms with Gasteiger partial charge in [-0.3, -0.25) is 29.7 Å². The van der Waals surface area contributed by atoms with E-state index < -0.39 is 27.1 Å². The Labute approximate surface area is 136 Å². The molecule has 0 aliphatic carbocycles. The van der Waals surface area contributed by atoms with Crippen LogP contribution < -0.4 is 0 Å². The van der Waals surface area contributed by atoms with Crippen LogP contribution in [0.5, 0.6) is 0 Å². The molecular formula is C14H15N5O5. The molecule has 1 aromatic carbocycles. The number of amides is 1. The number of nitro benzene ring substituents is 2. The summed E-state index contributed by atoms with van der Waals surface area (Å²) in [7, 11) is 1.51. The van der Waals surface area contributed by atoms with E-state index in [0.29, 0.717) is 6.54 Å². The predicted molar refractivity (Wildman–Crippen MR) is 83.4 cm³/mol. The maximum absolute atomic E-state index is 12.5. The molecule has 0 N–H and O–H groups in total. The minimum Gasteiger partial charge on any atom is -0.336 e. The summed E-state index contributed by atoms with van der Waals surface area (Å²) in [6.07, 6.45) is 1.61. The van der Waals surface area contributed by atoms with Crippen molar-refractivity contribution in [2.75, 3.05) is 7.05 Å². The van der Waals surface area contributed by atoms with Crippen molar-refractivity contribution < 1.29 is 14.6 Å². The highest BCUT2D eigenvalue weighted by atomic mass is 16.6. The number of hydrogen-bond acceptors (Lipinski definition) is 6. The highest BCUT2D eigenvalue weighted by molar-refractivity contribution is 5.95. The largest absolute Gasteiger partial charge is 0.336 e. The first kappa shape index (κ1) is 17.1. The summed E-state index contributed by atoms with van der Waals surface area (Å²) in [6.45, 7) is 2.76. The maximum Gasteiger partial charge on any atom is 0.277 e. The van der Waals surface area contributed by atoms with Crippen molar-refractivity contribution in [1.29, 1.82) is 0 Å². The number of nitro groups is 2. The number of aryl methyl sites for hydroxylation is 1. The second-order valence-corrected chi connectivity index (χ2v) is 5.05. The Morgan fingerprint density at radius 2 is 1.79 bits per heavy atom. The lowest BCUT2D eigenvalue weighted by Crippen LogP contribution is -2.27. The summed E-state index contributed by atoms with van der Waals surface area (Å²) in [5.74, 6) is -0.550. The highest BCUT2D eigenvalue weighted by Crippen LogP contribution is 2.23. The molecule has 0 saturated heterocycles. The second-order valence-electron chi connectivity index (χ2n) is 5.05. The Bertz CT molecular complexity index is 768. The maximum atomic E-state index is 12.5. The minimum atomic E-state index is -0.768. The Hall–Kier alpha value is -3.30. The molecule has 0 radical (unpaired) electrons. The SMILES string of the molecule is CCn1nccc1CN(C)C(=O)c1cc([N+](=O)[O-])cc([N+](=O)[O-])c1. The Morgan fingerprint density at radius 1 is 1.21 bits per heavy atom. The van der Waals surface area contributed by atoms with Crippen molar-refractivity contribution >= 4 is 17.3 Å². The van der Waals surface area contributed by atoms with E-state index in [1.807, 2.05) is 6.92 Å². The van der Waals surface area contributed by atoms with E-state index in [0.717, 1.165) is 23.9 Å². The van der Waals surface area contributed by atoms with Crippen LogP contribution in [0.1, 0.15) is 23.0 Å². The van der Waals surface area contributed by atoms with E-state index in [-0.39, 0.29) is 12.1 Å². The van der Waals surface area contributed by atoms with Crippen LogP contribution in [0.3, 0.4) is 0 Å². The quantitative estimate of drug-likeness (QED) is 0.588. The fourth-order valence-electron chi connectivity index (χ4n) is 2.24. The normalized spacial score (nSPS) is 10.4. The summed E-state index contributed by atoms with van der Waals surface area (Å²) in [6, 6.07) is 4.64. The summed E-state index contributed by atoms with van der Waals surface area (Å²) in [5.41, 5.74) is -0.326. The number of carbonyl (C=O) groups is 1. The minimum absolute atomic E-state index is 0.110. The topological polar surface area (TPSA) is 124 Å². The van der Waals surface area contributed by atoms with Crippen molar-refractivity contribution in [3.63, 3.8) is 0 Å². The van der Waals surface area contributed by atoms with Gasteiger partial charge in [0.25, 0.3) is 17.3 Å². The van der Waals surface area contributed by atoms with Crippen LogP contribution in [-0.4, -0.2) is 37.5 Å². The van der Waals surface area contributed by atoms with Crippen LogP contribution in [0, 0.1) is 20.2 Å². The zero-order valence-corrected chi connectivity index (χ0v) is 13.1. The van der Waals surface area contributed by atoms with E-state index in [1.54, 1.807) is 16.9 Å². The molecule has 10 nitrogen and oxygen atoms in total. The summed E-state index contributed by atoms with van der Waals surface area (Å²) >= 11 is 0. The fraction of sp³-hybridized carbons (Fsp3) is 0.286. The molecule has 0 bridgehead atoms. The molecule has 0 unspecified atom stereocenters. The molecule has 0 fully saturated rings. The van der Waals surface area contributed by atoms with Gasteiger partial charge < -0.3 is 4.90 Å². The number of aromatic nitrogens is 2. The van der Waals surface area contributed by atoms with Crippen LogP contribution in [-0.2, 0) is 13.1 Å². The molecular weight excluding hydrogens is 318 g/mol. The number of benzene rings is 1. The van der Waals surface area contributed by atoms with E-state index >= 15 is 0 Å². The molecule has 0 saturated carbocycles. The van der Waals surface area contributed by atoms with E-state index in [1.165, 1.54) is 11.9 Å². The molecule has 1 aromatic heterocycles. The Morgan fingerprint density at radius 3 is 2.29 bits per heavy atom. The lowest BCUT2D eigenvalue weighted by Gasteiger charge is -2.17. The zero-order chi connectivity index (χ0) is 17.9. The molecule has 24 heavy (non-hydrogen) atoms. The molecule has 126 valence electrons. The average molecular weight is 333 g/mol. The van der Waals surface area contributed by atoms with Gasteiger partial charge in [0, 0.05) is 31.9 Å². The van der Waals surface area contributed by atoms with Gasteiger partial charge in [0.2, 0.25) is 0 Å². The van der Waals surface area contributed by atoms with Gasteiger partial charge in [-0.05, 0) is 13.0 Å². The van der Waals surface area contributed by atoms with Gasteiger partial charge in [-0.25, -0.2) is 0 Å². The monoisotopic (exact) mass is 333 g/mol. The lowest BCUT2D eigenvalue weighted by atomic mass is 10.1. The predicted octanol–water partition coefficient (Wildman–Crippen LogP) is 1.99. The van der Waals surface area contributed by atoms with Crippen LogP contribution in [0.4, 0.5) is 11.4 Å². The average Bonchev–Trinajstić information content (AvgIpc) is 3.00. The van der Waals surface area contributed by atoms with E-state index in [4.69, 9.17) is 0 Å². The first-order valence-corrected chi connectivity index (χ1v) is 7.03. The standard InChI is InChI=1S/C14H15N5O5/c1-3-17-11(4-5-15-17)9-16(2)14(20)10-6-12(18(21)22)8-13(7-10)19(23)24/h4-8H,3,9H2,1-2H3. The molecule has 0 atom stereocenters. The smallest absolute Gasteiger partial charge is 0.277 e. The lowest BCUT2D eigenvalue weighted by molar-refractivity contribution is -0.394. The molecule has 10 heteroatoms.